The predicted molar refractivity (Wildman–Crippen MR) is 65.5 cm³/mol. The van der Waals surface area contributed by atoms with Crippen LogP contribution in [0.25, 0.3) is 0 Å². The van der Waals surface area contributed by atoms with Gasteiger partial charge in [-0.05, 0) is 17.9 Å². The van der Waals surface area contributed by atoms with Gasteiger partial charge in [0.2, 0.25) is 10.0 Å². The Morgan fingerprint density at radius 1 is 1.39 bits per heavy atom. The van der Waals surface area contributed by atoms with Crippen LogP contribution in [0.15, 0.2) is 16.3 Å². The molecule has 8 heteroatoms. The summed E-state index contributed by atoms with van der Waals surface area (Å²) in [6, 6.07) is 1.34. The van der Waals surface area contributed by atoms with Crippen molar-refractivity contribution in [2.24, 2.45) is 0 Å². The molecule has 0 amide bonds. The van der Waals surface area contributed by atoms with E-state index >= 15 is 0 Å². The van der Waals surface area contributed by atoms with Gasteiger partial charge in [-0.1, -0.05) is 0 Å². The summed E-state index contributed by atoms with van der Waals surface area (Å²) in [5, 5.41) is 10.5. The Hall–Kier alpha value is -0.960. The van der Waals surface area contributed by atoms with E-state index in [1.165, 1.54) is 15.8 Å². The highest BCUT2D eigenvalue weighted by atomic mass is 32.2. The highest BCUT2D eigenvalue weighted by Gasteiger charge is 2.30. The maximum Gasteiger partial charge on any atom is 0.347 e. The third-order valence-corrected chi connectivity index (χ3v) is 5.59. The normalized spacial score (nSPS) is 18.4. The van der Waals surface area contributed by atoms with Crippen LogP contribution in [0.2, 0.25) is 0 Å². The van der Waals surface area contributed by atoms with Crippen molar-refractivity contribution in [1.29, 1.82) is 0 Å². The molecule has 1 aliphatic rings. The summed E-state index contributed by atoms with van der Waals surface area (Å²) in [6.07, 6.45) is 0.617. The molecule has 1 aromatic heterocycles. The molecule has 0 spiro atoms. The topological polar surface area (TPSA) is 83.9 Å². The zero-order valence-electron chi connectivity index (χ0n) is 9.53. The van der Waals surface area contributed by atoms with Crippen LogP contribution in [0.4, 0.5) is 0 Å². The summed E-state index contributed by atoms with van der Waals surface area (Å²) < 4.78 is 31.2. The van der Waals surface area contributed by atoms with E-state index < -0.39 is 16.0 Å². The van der Waals surface area contributed by atoms with Gasteiger partial charge in [-0.3, -0.25) is 0 Å². The fourth-order valence-electron chi connectivity index (χ4n) is 1.76. The minimum atomic E-state index is -3.73. The van der Waals surface area contributed by atoms with Crippen LogP contribution in [-0.2, 0) is 14.8 Å². The molecule has 1 fully saturated rings. The quantitative estimate of drug-likeness (QED) is 0.893. The Labute approximate surface area is 109 Å². The fourth-order valence-corrected chi connectivity index (χ4v) is 4.45. The lowest BCUT2D eigenvalue weighted by atomic mass is 10.5. The Balaban J connectivity index is 2.34. The van der Waals surface area contributed by atoms with Gasteiger partial charge in [-0.25, -0.2) is 13.2 Å². The van der Waals surface area contributed by atoms with E-state index in [1.807, 2.05) is 0 Å². The smallest absolute Gasteiger partial charge is 0.347 e. The second kappa shape index (κ2) is 5.35. The van der Waals surface area contributed by atoms with Crippen molar-refractivity contribution in [2.45, 2.75) is 11.3 Å². The molecule has 1 aliphatic heterocycles. The summed E-state index contributed by atoms with van der Waals surface area (Å²) in [4.78, 5) is 10.7. The molecule has 100 valence electrons. The summed E-state index contributed by atoms with van der Waals surface area (Å²) in [7, 11) is -3.73. The number of hydrogen-bond donors (Lipinski definition) is 1. The van der Waals surface area contributed by atoms with Crippen molar-refractivity contribution < 1.29 is 23.1 Å². The Morgan fingerprint density at radius 3 is 2.89 bits per heavy atom. The summed E-state index contributed by atoms with van der Waals surface area (Å²) >= 11 is 0.917. The number of aromatic carboxylic acids is 1. The van der Waals surface area contributed by atoms with Crippen LogP contribution in [0, 0.1) is 0 Å². The molecule has 1 saturated heterocycles. The largest absolute Gasteiger partial charge is 0.477 e. The van der Waals surface area contributed by atoms with E-state index in [4.69, 9.17) is 9.84 Å². The average molecular weight is 291 g/mol. The number of rotatable bonds is 3. The molecule has 0 atom stereocenters. The van der Waals surface area contributed by atoms with E-state index in [0.717, 1.165) is 11.3 Å². The van der Waals surface area contributed by atoms with Crippen molar-refractivity contribution >= 4 is 27.3 Å². The van der Waals surface area contributed by atoms with E-state index in [-0.39, 0.29) is 16.3 Å². The Morgan fingerprint density at radius 2 is 2.17 bits per heavy atom. The first-order chi connectivity index (χ1) is 8.53. The summed E-state index contributed by atoms with van der Waals surface area (Å²) in [6.45, 7) is 1.49. The van der Waals surface area contributed by atoms with Crippen molar-refractivity contribution in [3.05, 3.63) is 16.3 Å². The van der Waals surface area contributed by atoms with Gasteiger partial charge >= 0.3 is 5.97 Å². The van der Waals surface area contributed by atoms with E-state index in [1.54, 1.807) is 0 Å². The predicted octanol–water partition coefficient (Wildman–Crippen LogP) is 0.857. The van der Waals surface area contributed by atoms with Gasteiger partial charge in [0.15, 0.2) is 0 Å². The van der Waals surface area contributed by atoms with E-state index in [9.17, 15) is 13.2 Å². The van der Waals surface area contributed by atoms with Gasteiger partial charge in [0.1, 0.15) is 9.77 Å². The first-order valence-electron chi connectivity index (χ1n) is 5.42. The van der Waals surface area contributed by atoms with Crippen molar-refractivity contribution in [1.82, 2.24) is 4.31 Å². The molecule has 0 saturated carbocycles. The summed E-state index contributed by atoms with van der Waals surface area (Å²) in [5.74, 6) is -1.21. The number of carboxylic acid groups (broad SMARTS) is 1. The molecular weight excluding hydrogens is 278 g/mol. The molecule has 18 heavy (non-hydrogen) atoms. The monoisotopic (exact) mass is 291 g/mol. The molecule has 0 aromatic carbocycles. The van der Waals surface area contributed by atoms with Crippen LogP contribution in [0.1, 0.15) is 16.1 Å². The fraction of sp³-hybridized carbons (Fsp3) is 0.500. The standard InChI is InChI=1S/C10H13NO5S2/c12-10(13)9-8(2-7-17-9)18(14,15)11-3-1-5-16-6-4-11/h2,7H,1,3-6H2,(H,12,13). The zero-order valence-corrected chi connectivity index (χ0v) is 11.2. The van der Waals surface area contributed by atoms with Crippen molar-refractivity contribution in [3.8, 4) is 0 Å². The highest BCUT2D eigenvalue weighted by Crippen LogP contribution is 2.25. The van der Waals surface area contributed by atoms with Gasteiger partial charge in [-0.2, -0.15) is 4.31 Å². The molecule has 0 bridgehead atoms. The van der Waals surface area contributed by atoms with Crippen molar-refractivity contribution in [3.63, 3.8) is 0 Å². The van der Waals surface area contributed by atoms with E-state index in [0.29, 0.717) is 26.2 Å². The Bertz CT molecular complexity index is 528. The molecule has 6 nitrogen and oxygen atoms in total. The first kappa shape index (κ1) is 13.5. The average Bonchev–Trinajstić information content (AvgIpc) is 2.65. The van der Waals surface area contributed by atoms with Gasteiger partial charge < -0.3 is 9.84 Å². The minimum absolute atomic E-state index is 0.123. The highest BCUT2D eigenvalue weighted by molar-refractivity contribution is 7.89. The lowest BCUT2D eigenvalue weighted by Gasteiger charge is -2.18. The summed E-state index contributed by atoms with van der Waals surface area (Å²) in [5.41, 5.74) is 0. The zero-order chi connectivity index (χ0) is 13.2. The number of nitrogens with zero attached hydrogens (tertiary/aromatic N) is 1. The molecule has 0 unspecified atom stereocenters. The number of carboxylic acids is 1. The van der Waals surface area contributed by atoms with Crippen molar-refractivity contribution in [2.75, 3.05) is 26.3 Å². The van der Waals surface area contributed by atoms with Crippen LogP contribution in [-0.4, -0.2) is 50.1 Å². The Kier molecular flexibility index (Phi) is 4.00. The molecule has 0 radical (unpaired) electrons. The van der Waals surface area contributed by atoms with E-state index in [2.05, 4.69) is 0 Å². The second-order valence-electron chi connectivity index (χ2n) is 3.79. The number of sulfonamides is 1. The molecule has 2 rings (SSSR count). The molecular formula is C10H13NO5S2. The van der Waals surface area contributed by atoms with Gasteiger partial charge in [0.05, 0.1) is 6.61 Å². The number of ether oxygens (including phenoxy) is 1. The SMILES string of the molecule is O=C(O)c1sccc1S(=O)(=O)N1CCCOCC1. The van der Waals surface area contributed by atoms with Crippen LogP contribution in [0.5, 0.6) is 0 Å². The van der Waals surface area contributed by atoms with Crippen LogP contribution in [0.3, 0.4) is 0 Å². The first-order valence-corrected chi connectivity index (χ1v) is 7.74. The lowest BCUT2D eigenvalue weighted by Crippen LogP contribution is -2.33. The maximum absolute atomic E-state index is 12.3. The third kappa shape index (κ3) is 2.56. The van der Waals surface area contributed by atoms with Crippen LogP contribution >= 0.6 is 11.3 Å². The second-order valence-corrected chi connectivity index (χ2v) is 6.61. The van der Waals surface area contributed by atoms with Gasteiger partial charge in [-0.15, -0.1) is 11.3 Å². The lowest BCUT2D eigenvalue weighted by molar-refractivity contribution is 0.0698. The number of hydrogen-bond acceptors (Lipinski definition) is 5. The maximum atomic E-state index is 12.3. The minimum Gasteiger partial charge on any atom is -0.477 e. The molecule has 1 N–H and O–H groups in total. The number of carbonyl (C=O) groups is 1. The number of thiophene rings is 1. The van der Waals surface area contributed by atoms with Gasteiger partial charge in [0, 0.05) is 19.7 Å². The van der Waals surface area contributed by atoms with Crippen LogP contribution < -0.4 is 0 Å². The molecule has 0 aliphatic carbocycles. The molecule has 1 aromatic rings. The molecule has 2 heterocycles. The third-order valence-electron chi connectivity index (χ3n) is 2.62. The van der Waals surface area contributed by atoms with Gasteiger partial charge in [0.25, 0.3) is 0 Å².